The molecule has 3 nitrogen and oxygen atoms in total. The van der Waals surface area contributed by atoms with E-state index in [-0.39, 0.29) is 0 Å². The Bertz CT molecular complexity index is 187. The molecular weight excluding hydrogens is 224 g/mol. The molecule has 1 aliphatic heterocycles. The van der Waals surface area contributed by atoms with E-state index in [1.165, 1.54) is 45.1 Å². The van der Waals surface area contributed by atoms with E-state index in [9.17, 15) is 0 Å². The highest BCUT2D eigenvalue weighted by Crippen LogP contribution is 2.15. The molecule has 0 aliphatic carbocycles. The Hall–Kier alpha value is -0.120. The topological polar surface area (TPSA) is 24.5 Å². The largest absolute Gasteiger partial charge is 0.380 e. The number of hydrogen-bond donors (Lipinski definition) is 1. The van der Waals surface area contributed by atoms with Crippen LogP contribution in [-0.4, -0.2) is 50.3 Å². The van der Waals surface area contributed by atoms with E-state index in [0.29, 0.717) is 0 Å². The van der Waals surface area contributed by atoms with Gasteiger partial charge in [0.05, 0.1) is 6.61 Å². The van der Waals surface area contributed by atoms with E-state index in [1.54, 1.807) is 0 Å². The Morgan fingerprint density at radius 1 is 1.17 bits per heavy atom. The summed E-state index contributed by atoms with van der Waals surface area (Å²) in [4.78, 5) is 2.59. The van der Waals surface area contributed by atoms with E-state index >= 15 is 0 Å². The zero-order valence-corrected chi connectivity index (χ0v) is 12.4. The van der Waals surface area contributed by atoms with Crippen molar-refractivity contribution in [2.75, 3.05) is 39.4 Å². The second kappa shape index (κ2) is 10.8. The molecule has 0 aromatic rings. The summed E-state index contributed by atoms with van der Waals surface area (Å²) in [6, 6.07) is 0.744. The average molecular weight is 256 g/mol. The van der Waals surface area contributed by atoms with Gasteiger partial charge in [-0.25, -0.2) is 0 Å². The Kier molecular flexibility index (Phi) is 9.54. The Labute approximate surface area is 113 Å². The van der Waals surface area contributed by atoms with Gasteiger partial charge in [0.1, 0.15) is 0 Å². The van der Waals surface area contributed by atoms with Crippen LogP contribution in [0.25, 0.3) is 0 Å². The summed E-state index contributed by atoms with van der Waals surface area (Å²) in [6.07, 6.45) is 7.91. The highest BCUT2D eigenvalue weighted by atomic mass is 16.5. The third-order valence-corrected chi connectivity index (χ3v) is 3.79. The summed E-state index contributed by atoms with van der Waals surface area (Å²) in [5.74, 6) is 0. The van der Waals surface area contributed by atoms with Crippen LogP contribution < -0.4 is 5.32 Å². The smallest absolute Gasteiger partial charge is 0.0593 e. The van der Waals surface area contributed by atoms with E-state index in [4.69, 9.17) is 4.74 Å². The van der Waals surface area contributed by atoms with Gasteiger partial charge in [-0.15, -0.1) is 0 Å². The SMILES string of the molecule is CCCCCCOCCN1CCCC1CNCC. The maximum absolute atomic E-state index is 5.73. The fourth-order valence-corrected chi connectivity index (χ4v) is 2.65. The van der Waals surface area contributed by atoms with Crippen molar-refractivity contribution in [1.82, 2.24) is 10.2 Å². The minimum Gasteiger partial charge on any atom is -0.380 e. The number of ether oxygens (including phenoxy) is 1. The van der Waals surface area contributed by atoms with Gasteiger partial charge in [0.2, 0.25) is 0 Å². The van der Waals surface area contributed by atoms with Crippen molar-refractivity contribution in [1.29, 1.82) is 0 Å². The predicted molar refractivity (Wildman–Crippen MR) is 78.1 cm³/mol. The normalized spacial score (nSPS) is 20.7. The van der Waals surface area contributed by atoms with Crippen LogP contribution in [0.4, 0.5) is 0 Å². The minimum absolute atomic E-state index is 0.744. The molecule has 1 heterocycles. The molecule has 0 amide bonds. The van der Waals surface area contributed by atoms with Crippen LogP contribution in [0.1, 0.15) is 52.4 Å². The number of hydrogen-bond acceptors (Lipinski definition) is 3. The lowest BCUT2D eigenvalue weighted by atomic mass is 10.2. The second-order valence-corrected chi connectivity index (χ2v) is 5.31. The van der Waals surface area contributed by atoms with Crippen molar-refractivity contribution >= 4 is 0 Å². The van der Waals surface area contributed by atoms with Gasteiger partial charge in [-0.05, 0) is 32.4 Å². The first kappa shape index (κ1) is 15.9. The van der Waals surface area contributed by atoms with Crippen molar-refractivity contribution in [3.05, 3.63) is 0 Å². The van der Waals surface area contributed by atoms with Gasteiger partial charge in [0.15, 0.2) is 0 Å². The molecule has 1 atom stereocenters. The van der Waals surface area contributed by atoms with Crippen LogP contribution >= 0.6 is 0 Å². The van der Waals surface area contributed by atoms with Gasteiger partial charge in [0.25, 0.3) is 0 Å². The minimum atomic E-state index is 0.744. The van der Waals surface area contributed by atoms with Crippen molar-refractivity contribution in [3.63, 3.8) is 0 Å². The van der Waals surface area contributed by atoms with E-state index in [0.717, 1.165) is 38.9 Å². The summed E-state index contributed by atoms with van der Waals surface area (Å²) >= 11 is 0. The van der Waals surface area contributed by atoms with E-state index in [2.05, 4.69) is 24.1 Å². The van der Waals surface area contributed by atoms with Crippen LogP contribution in [0, 0.1) is 0 Å². The highest BCUT2D eigenvalue weighted by molar-refractivity contribution is 4.80. The maximum Gasteiger partial charge on any atom is 0.0593 e. The molecule has 108 valence electrons. The molecule has 3 heteroatoms. The highest BCUT2D eigenvalue weighted by Gasteiger charge is 2.23. The van der Waals surface area contributed by atoms with Crippen molar-refractivity contribution < 1.29 is 4.74 Å². The van der Waals surface area contributed by atoms with E-state index in [1.807, 2.05) is 0 Å². The van der Waals surface area contributed by atoms with E-state index < -0.39 is 0 Å². The summed E-state index contributed by atoms with van der Waals surface area (Å²) in [6.45, 7) is 10.9. The number of likely N-dealkylation sites (N-methyl/N-ethyl adjacent to an activating group) is 1. The number of unbranched alkanes of at least 4 members (excludes halogenated alkanes) is 3. The molecule has 1 N–H and O–H groups in total. The second-order valence-electron chi connectivity index (χ2n) is 5.31. The van der Waals surface area contributed by atoms with Gasteiger partial charge in [-0.3, -0.25) is 4.90 Å². The predicted octanol–water partition coefficient (Wildman–Crippen LogP) is 2.66. The molecule has 0 radical (unpaired) electrons. The monoisotopic (exact) mass is 256 g/mol. The first-order valence-electron chi connectivity index (χ1n) is 7.91. The van der Waals surface area contributed by atoms with Crippen LogP contribution in [0.15, 0.2) is 0 Å². The molecule has 18 heavy (non-hydrogen) atoms. The fourth-order valence-electron chi connectivity index (χ4n) is 2.65. The van der Waals surface area contributed by atoms with Gasteiger partial charge in [-0.1, -0.05) is 33.1 Å². The average Bonchev–Trinajstić information content (AvgIpc) is 2.83. The molecule has 1 fully saturated rings. The molecule has 1 saturated heterocycles. The fraction of sp³-hybridized carbons (Fsp3) is 1.00. The first-order valence-corrected chi connectivity index (χ1v) is 7.91. The number of rotatable bonds is 11. The van der Waals surface area contributed by atoms with Crippen LogP contribution in [-0.2, 0) is 4.74 Å². The zero-order chi connectivity index (χ0) is 13.1. The maximum atomic E-state index is 5.73. The van der Waals surface area contributed by atoms with Gasteiger partial charge in [-0.2, -0.15) is 0 Å². The van der Waals surface area contributed by atoms with Crippen molar-refractivity contribution in [2.24, 2.45) is 0 Å². The first-order chi connectivity index (χ1) is 8.88. The summed E-state index contributed by atoms with van der Waals surface area (Å²) in [5, 5.41) is 3.46. The Balaban J connectivity index is 1.97. The van der Waals surface area contributed by atoms with Crippen LogP contribution in [0.5, 0.6) is 0 Å². The lowest BCUT2D eigenvalue weighted by molar-refractivity contribution is 0.0964. The molecule has 1 rings (SSSR count). The third-order valence-electron chi connectivity index (χ3n) is 3.79. The quantitative estimate of drug-likeness (QED) is 0.575. The van der Waals surface area contributed by atoms with Crippen molar-refractivity contribution in [2.45, 2.75) is 58.4 Å². The van der Waals surface area contributed by atoms with Gasteiger partial charge in [0, 0.05) is 25.7 Å². The molecule has 0 aromatic heterocycles. The number of likely N-dealkylation sites (tertiary alicyclic amines) is 1. The Morgan fingerprint density at radius 3 is 2.83 bits per heavy atom. The standard InChI is InChI=1S/C15H32N2O/c1-3-5-6-7-12-18-13-11-17-10-8-9-15(17)14-16-4-2/h15-16H,3-14H2,1-2H3. The lowest BCUT2D eigenvalue weighted by Crippen LogP contribution is -2.39. The lowest BCUT2D eigenvalue weighted by Gasteiger charge is -2.24. The summed E-state index contributed by atoms with van der Waals surface area (Å²) in [7, 11) is 0. The number of nitrogens with zero attached hydrogens (tertiary/aromatic N) is 1. The van der Waals surface area contributed by atoms with Gasteiger partial charge >= 0.3 is 0 Å². The molecule has 0 bridgehead atoms. The van der Waals surface area contributed by atoms with Gasteiger partial charge < -0.3 is 10.1 Å². The molecular formula is C15H32N2O. The van der Waals surface area contributed by atoms with Crippen LogP contribution in [0.3, 0.4) is 0 Å². The zero-order valence-electron chi connectivity index (χ0n) is 12.4. The van der Waals surface area contributed by atoms with Crippen molar-refractivity contribution in [3.8, 4) is 0 Å². The molecule has 0 spiro atoms. The summed E-state index contributed by atoms with van der Waals surface area (Å²) < 4.78 is 5.73. The third kappa shape index (κ3) is 6.72. The molecule has 1 unspecified atom stereocenters. The van der Waals surface area contributed by atoms with Crippen LogP contribution in [0.2, 0.25) is 0 Å². The summed E-state index contributed by atoms with van der Waals surface area (Å²) in [5.41, 5.74) is 0. The molecule has 0 aromatic carbocycles. The number of nitrogens with one attached hydrogen (secondary N) is 1. The Morgan fingerprint density at radius 2 is 2.06 bits per heavy atom. The molecule has 0 saturated carbocycles. The molecule has 1 aliphatic rings.